The number of benzene rings is 1. The van der Waals surface area contributed by atoms with E-state index in [4.69, 9.17) is 17.2 Å². The number of hydrogen-bond acceptors (Lipinski definition) is 4. The molecule has 0 atom stereocenters. The number of phenolic OH excluding ortho intramolecular Hbond substituents is 2. The van der Waals surface area contributed by atoms with E-state index in [1.165, 1.54) is 0 Å². The first-order valence-electron chi connectivity index (χ1n) is 9.65. The highest BCUT2D eigenvalue weighted by Crippen LogP contribution is 2.63. The Morgan fingerprint density at radius 3 is 1.56 bits per heavy atom. The Labute approximate surface area is 165 Å². The maximum atomic E-state index is 11.0. The van der Waals surface area contributed by atoms with Gasteiger partial charge in [0.15, 0.2) is 11.5 Å². The molecule has 0 saturated carbocycles. The maximum Gasteiger partial charge on any atom is 0.498 e. The molecule has 0 aromatic heterocycles. The zero-order chi connectivity index (χ0) is 21.0. The van der Waals surface area contributed by atoms with Gasteiger partial charge in [0.25, 0.3) is 0 Å². The van der Waals surface area contributed by atoms with E-state index in [9.17, 15) is 10.2 Å². The summed E-state index contributed by atoms with van der Waals surface area (Å²) in [5, 5.41) is 22.0. The van der Waals surface area contributed by atoms with Crippen LogP contribution in [0.15, 0.2) is 0 Å². The van der Waals surface area contributed by atoms with E-state index in [0.29, 0.717) is 16.5 Å². The third-order valence-electron chi connectivity index (χ3n) is 8.39. The lowest BCUT2D eigenvalue weighted by molar-refractivity contribution is 0.00578. The van der Waals surface area contributed by atoms with Gasteiger partial charge < -0.3 is 19.5 Å². The fourth-order valence-electron chi connectivity index (χ4n) is 4.62. The van der Waals surface area contributed by atoms with Crippen LogP contribution in [0.25, 0.3) is 0 Å². The molecule has 0 bridgehead atoms. The molecule has 1 aromatic carbocycles. The van der Waals surface area contributed by atoms with Crippen molar-refractivity contribution in [1.29, 1.82) is 0 Å². The van der Waals surface area contributed by atoms with Gasteiger partial charge >= 0.3 is 7.12 Å². The summed E-state index contributed by atoms with van der Waals surface area (Å²) in [6.07, 6.45) is 0. The maximum absolute atomic E-state index is 11.0. The standard InChI is InChI=1S/C21H32B2O4/c1-17(2)11-12(18(3,4)19(17,5)6)15(24)16(25)14(13(11)22)23-26-20(7,8)21(9,10)27-23/h24-25H,1-10H3. The second-order valence-corrected chi connectivity index (χ2v) is 10.7. The molecule has 2 aliphatic rings. The summed E-state index contributed by atoms with van der Waals surface area (Å²) in [6.45, 7) is 20.6. The van der Waals surface area contributed by atoms with Gasteiger partial charge in [-0.15, -0.1) is 0 Å². The summed E-state index contributed by atoms with van der Waals surface area (Å²) in [5.74, 6) is -0.362. The highest BCUT2D eigenvalue weighted by atomic mass is 16.7. The first kappa shape index (κ1) is 20.6. The van der Waals surface area contributed by atoms with Crippen molar-refractivity contribution in [3.63, 3.8) is 0 Å². The SMILES string of the molecule is [B]c1c(B2OC(C)(C)C(C)(C)O2)c(O)c(O)c2c1C(C)(C)C(C)(C)C2(C)C. The monoisotopic (exact) mass is 370 g/mol. The number of rotatable bonds is 1. The highest BCUT2D eigenvalue weighted by molar-refractivity contribution is 6.69. The van der Waals surface area contributed by atoms with Crippen molar-refractivity contribution in [1.82, 2.24) is 0 Å². The first-order valence-corrected chi connectivity index (χ1v) is 9.65. The predicted octanol–water partition coefficient (Wildman–Crippen LogP) is 2.79. The fraction of sp³-hybridized carbons (Fsp3) is 0.714. The van der Waals surface area contributed by atoms with E-state index in [1.54, 1.807) is 0 Å². The third kappa shape index (κ3) is 2.26. The van der Waals surface area contributed by atoms with Crippen LogP contribution in [0.3, 0.4) is 0 Å². The molecule has 1 aliphatic heterocycles. The van der Waals surface area contributed by atoms with Crippen molar-refractivity contribution in [3.8, 4) is 11.5 Å². The summed E-state index contributed by atoms with van der Waals surface area (Å²) >= 11 is 0. The van der Waals surface area contributed by atoms with Crippen molar-refractivity contribution in [2.24, 2.45) is 5.41 Å². The largest absolute Gasteiger partial charge is 0.505 e. The topological polar surface area (TPSA) is 58.9 Å². The molecule has 1 aliphatic carbocycles. The van der Waals surface area contributed by atoms with Crippen LogP contribution in [0.1, 0.15) is 80.4 Å². The Hall–Kier alpha value is -1.13. The van der Waals surface area contributed by atoms with Crippen molar-refractivity contribution in [3.05, 3.63) is 11.1 Å². The van der Waals surface area contributed by atoms with Crippen molar-refractivity contribution < 1.29 is 19.5 Å². The molecule has 0 amide bonds. The van der Waals surface area contributed by atoms with Crippen molar-refractivity contribution in [2.45, 2.75) is 91.3 Å². The molecular weight excluding hydrogens is 338 g/mol. The Morgan fingerprint density at radius 1 is 0.704 bits per heavy atom. The molecule has 1 saturated heterocycles. The van der Waals surface area contributed by atoms with Crippen LogP contribution in [-0.4, -0.2) is 36.4 Å². The molecular formula is C21H32B2O4. The molecule has 1 fully saturated rings. The molecule has 2 radical (unpaired) electrons. The van der Waals surface area contributed by atoms with E-state index in [-0.39, 0.29) is 27.7 Å². The minimum Gasteiger partial charge on any atom is -0.505 e. The Bertz CT molecular complexity index is 806. The van der Waals surface area contributed by atoms with Crippen LogP contribution in [0.2, 0.25) is 0 Å². The van der Waals surface area contributed by atoms with Crippen LogP contribution >= 0.6 is 0 Å². The fourth-order valence-corrected chi connectivity index (χ4v) is 4.62. The van der Waals surface area contributed by atoms with E-state index in [2.05, 4.69) is 41.5 Å². The molecule has 1 heterocycles. The molecule has 2 N–H and O–H groups in total. The third-order valence-corrected chi connectivity index (χ3v) is 8.39. The molecule has 1 aromatic rings. The van der Waals surface area contributed by atoms with Gasteiger partial charge in [0.2, 0.25) is 0 Å². The smallest absolute Gasteiger partial charge is 0.498 e. The van der Waals surface area contributed by atoms with Crippen molar-refractivity contribution in [2.75, 3.05) is 0 Å². The summed E-state index contributed by atoms with van der Waals surface area (Å²) < 4.78 is 12.3. The highest BCUT2D eigenvalue weighted by Gasteiger charge is 2.60. The average molecular weight is 370 g/mol. The normalized spacial score (nSPS) is 26.2. The first-order chi connectivity index (χ1) is 11.9. The lowest BCUT2D eigenvalue weighted by Crippen LogP contribution is -2.48. The summed E-state index contributed by atoms with van der Waals surface area (Å²) in [7, 11) is 5.81. The molecule has 6 heteroatoms. The Kier molecular flexibility index (Phi) is 4.02. The van der Waals surface area contributed by atoms with Gasteiger partial charge in [0.05, 0.1) is 11.2 Å². The van der Waals surface area contributed by atoms with Gasteiger partial charge in [-0.1, -0.05) is 47.0 Å². The van der Waals surface area contributed by atoms with Gasteiger partial charge in [-0.25, -0.2) is 0 Å². The number of hydrogen-bond donors (Lipinski definition) is 2. The van der Waals surface area contributed by atoms with Crippen LogP contribution in [-0.2, 0) is 20.1 Å². The zero-order valence-electron chi connectivity index (χ0n) is 18.4. The predicted molar refractivity (Wildman–Crippen MR) is 111 cm³/mol. The zero-order valence-corrected chi connectivity index (χ0v) is 18.4. The molecule has 27 heavy (non-hydrogen) atoms. The van der Waals surface area contributed by atoms with Gasteiger partial charge in [-0.2, -0.15) is 0 Å². The second-order valence-electron chi connectivity index (χ2n) is 10.7. The molecule has 146 valence electrons. The Morgan fingerprint density at radius 2 is 1.11 bits per heavy atom. The number of fused-ring (bicyclic) bond motifs is 1. The van der Waals surface area contributed by atoms with Crippen molar-refractivity contribution >= 4 is 25.9 Å². The van der Waals surface area contributed by atoms with Crippen LogP contribution < -0.4 is 10.9 Å². The molecule has 0 spiro atoms. The van der Waals surface area contributed by atoms with E-state index in [1.807, 2.05) is 27.7 Å². The van der Waals surface area contributed by atoms with E-state index < -0.39 is 18.3 Å². The van der Waals surface area contributed by atoms with Gasteiger partial charge in [0.1, 0.15) is 7.85 Å². The van der Waals surface area contributed by atoms with E-state index in [0.717, 1.165) is 5.56 Å². The molecule has 0 unspecified atom stereocenters. The average Bonchev–Trinajstić information content (AvgIpc) is 2.75. The lowest BCUT2D eigenvalue weighted by atomic mass is 9.58. The second kappa shape index (κ2) is 5.27. The summed E-state index contributed by atoms with van der Waals surface area (Å²) in [5.41, 5.74) is 0.322. The van der Waals surface area contributed by atoms with Gasteiger partial charge in [-0.05, 0) is 49.5 Å². The van der Waals surface area contributed by atoms with Crippen LogP contribution in [0.5, 0.6) is 11.5 Å². The lowest BCUT2D eigenvalue weighted by Gasteiger charge is -2.44. The van der Waals surface area contributed by atoms with Crippen LogP contribution in [0, 0.1) is 5.41 Å². The van der Waals surface area contributed by atoms with Crippen LogP contribution in [0.4, 0.5) is 0 Å². The summed E-state index contributed by atoms with van der Waals surface area (Å²) in [6, 6.07) is 0. The Balaban J connectivity index is 2.31. The summed E-state index contributed by atoms with van der Waals surface area (Å²) in [4.78, 5) is 0. The van der Waals surface area contributed by atoms with Gasteiger partial charge in [-0.3, -0.25) is 0 Å². The minimum atomic E-state index is -0.839. The minimum absolute atomic E-state index is 0.118. The number of phenols is 2. The number of aromatic hydroxyl groups is 2. The molecule has 4 nitrogen and oxygen atoms in total. The van der Waals surface area contributed by atoms with Gasteiger partial charge in [0, 0.05) is 11.0 Å². The molecule has 3 rings (SSSR count). The van der Waals surface area contributed by atoms with E-state index >= 15 is 0 Å². The quantitative estimate of drug-likeness (QED) is 0.590.